The van der Waals surface area contributed by atoms with Gasteiger partial charge < -0.3 is 10.1 Å². The molecular formula is C25H26N6O5. The minimum absolute atomic E-state index is 0.0338. The summed E-state index contributed by atoms with van der Waals surface area (Å²) in [5, 5.41) is 7.07. The molecule has 0 spiro atoms. The lowest BCUT2D eigenvalue weighted by Gasteiger charge is -2.14. The summed E-state index contributed by atoms with van der Waals surface area (Å²) in [4.78, 5) is 56.9. The third-order valence-electron chi connectivity index (χ3n) is 5.58. The lowest BCUT2D eigenvalue weighted by Crippen LogP contribution is -2.32. The SMILES string of the molecule is CCOC(=O)c1ccn(-c2ccc(NC(=O)c3cc(C(C)C)nc4c3c(=O)[nH]c(=O)n4CC)cc2)n1. The molecule has 0 bridgehead atoms. The highest BCUT2D eigenvalue weighted by atomic mass is 16.5. The van der Waals surface area contributed by atoms with Crippen molar-refractivity contribution < 1.29 is 14.3 Å². The number of fused-ring (bicyclic) bond motifs is 1. The number of aryl methyl sites for hydroxylation is 1. The van der Waals surface area contributed by atoms with Crippen LogP contribution in [-0.2, 0) is 11.3 Å². The van der Waals surface area contributed by atoms with Gasteiger partial charge in [-0.3, -0.25) is 19.1 Å². The van der Waals surface area contributed by atoms with E-state index in [9.17, 15) is 19.2 Å². The average Bonchev–Trinajstić information content (AvgIpc) is 3.34. The maximum absolute atomic E-state index is 13.3. The minimum Gasteiger partial charge on any atom is -0.461 e. The maximum Gasteiger partial charge on any atom is 0.358 e. The van der Waals surface area contributed by atoms with Crippen molar-refractivity contribution in [2.45, 2.75) is 40.2 Å². The van der Waals surface area contributed by atoms with E-state index in [-0.39, 0.29) is 41.4 Å². The lowest BCUT2D eigenvalue weighted by atomic mass is 10.0. The van der Waals surface area contributed by atoms with Crippen molar-refractivity contribution in [3.8, 4) is 5.69 Å². The van der Waals surface area contributed by atoms with Crippen molar-refractivity contribution in [2.75, 3.05) is 11.9 Å². The Hall–Kier alpha value is -4.54. The van der Waals surface area contributed by atoms with Crippen LogP contribution in [0.1, 0.15) is 60.2 Å². The molecule has 2 N–H and O–H groups in total. The number of nitrogens with one attached hydrogen (secondary N) is 2. The van der Waals surface area contributed by atoms with Crippen molar-refractivity contribution in [3.05, 3.63) is 80.4 Å². The van der Waals surface area contributed by atoms with E-state index in [0.717, 1.165) is 0 Å². The summed E-state index contributed by atoms with van der Waals surface area (Å²) >= 11 is 0. The molecule has 186 valence electrons. The molecule has 0 saturated heterocycles. The quantitative estimate of drug-likeness (QED) is 0.380. The first kappa shape index (κ1) is 24.6. The number of benzene rings is 1. The van der Waals surface area contributed by atoms with E-state index in [1.54, 1.807) is 56.4 Å². The van der Waals surface area contributed by atoms with E-state index in [1.165, 1.54) is 9.25 Å². The zero-order chi connectivity index (χ0) is 26.0. The molecule has 0 aliphatic rings. The van der Waals surface area contributed by atoms with Gasteiger partial charge in [0.25, 0.3) is 11.5 Å². The number of anilines is 1. The Bertz CT molecular complexity index is 1560. The molecule has 0 unspecified atom stereocenters. The third kappa shape index (κ3) is 4.67. The number of carbonyl (C=O) groups is 2. The number of H-pyrrole nitrogens is 1. The zero-order valence-corrected chi connectivity index (χ0v) is 20.4. The van der Waals surface area contributed by atoms with Crippen LogP contribution < -0.4 is 16.6 Å². The Labute approximate surface area is 205 Å². The molecule has 36 heavy (non-hydrogen) atoms. The van der Waals surface area contributed by atoms with Gasteiger partial charge in [0.1, 0.15) is 0 Å². The van der Waals surface area contributed by atoms with Gasteiger partial charge >= 0.3 is 11.7 Å². The van der Waals surface area contributed by atoms with Crippen LogP contribution in [-0.4, -0.2) is 42.8 Å². The lowest BCUT2D eigenvalue weighted by molar-refractivity contribution is 0.0519. The van der Waals surface area contributed by atoms with Crippen LogP contribution in [0.25, 0.3) is 16.7 Å². The third-order valence-corrected chi connectivity index (χ3v) is 5.58. The average molecular weight is 491 g/mol. The zero-order valence-electron chi connectivity index (χ0n) is 20.4. The number of nitrogens with zero attached hydrogens (tertiary/aromatic N) is 4. The van der Waals surface area contributed by atoms with Crippen LogP contribution in [0.5, 0.6) is 0 Å². The second-order valence-electron chi connectivity index (χ2n) is 8.32. The Morgan fingerprint density at radius 1 is 1.11 bits per heavy atom. The topological polar surface area (TPSA) is 141 Å². The summed E-state index contributed by atoms with van der Waals surface area (Å²) in [6.07, 6.45) is 1.63. The predicted octanol–water partition coefficient (Wildman–Crippen LogP) is 2.84. The number of hydrogen-bond donors (Lipinski definition) is 2. The fourth-order valence-electron chi connectivity index (χ4n) is 3.74. The monoisotopic (exact) mass is 490 g/mol. The first-order valence-corrected chi connectivity index (χ1v) is 11.6. The maximum atomic E-state index is 13.3. The van der Waals surface area contributed by atoms with E-state index in [4.69, 9.17) is 4.74 Å². The van der Waals surface area contributed by atoms with Crippen LogP contribution in [0.4, 0.5) is 5.69 Å². The van der Waals surface area contributed by atoms with Crippen molar-refractivity contribution in [1.82, 2.24) is 24.3 Å². The van der Waals surface area contributed by atoms with Crippen LogP contribution in [0, 0.1) is 0 Å². The van der Waals surface area contributed by atoms with E-state index in [0.29, 0.717) is 17.1 Å². The first-order chi connectivity index (χ1) is 17.2. The first-order valence-electron chi connectivity index (χ1n) is 11.6. The summed E-state index contributed by atoms with van der Waals surface area (Å²) in [7, 11) is 0. The molecule has 11 heteroatoms. The van der Waals surface area contributed by atoms with Gasteiger partial charge in [0, 0.05) is 24.1 Å². The fourth-order valence-corrected chi connectivity index (χ4v) is 3.74. The molecule has 11 nitrogen and oxygen atoms in total. The summed E-state index contributed by atoms with van der Waals surface area (Å²) in [5.41, 5.74) is 0.994. The number of esters is 1. The van der Waals surface area contributed by atoms with Crippen molar-refractivity contribution in [3.63, 3.8) is 0 Å². The van der Waals surface area contributed by atoms with Gasteiger partial charge in [-0.2, -0.15) is 5.10 Å². The van der Waals surface area contributed by atoms with Gasteiger partial charge in [-0.1, -0.05) is 13.8 Å². The number of rotatable bonds is 7. The number of amides is 1. The molecule has 0 aliphatic carbocycles. The van der Waals surface area contributed by atoms with E-state index >= 15 is 0 Å². The summed E-state index contributed by atoms with van der Waals surface area (Å²) in [5.74, 6) is -1.05. The number of hydrogen-bond acceptors (Lipinski definition) is 7. The van der Waals surface area contributed by atoms with Crippen LogP contribution >= 0.6 is 0 Å². The second kappa shape index (κ2) is 9.98. The van der Waals surface area contributed by atoms with Gasteiger partial charge in [-0.25, -0.2) is 19.3 Å². The molecule has 0 saturated carbocycles. The van der Waals surface area contributed by atoms with Crippen molar-refractivity contribution in [2.24, 2.45) is 0 Å². The molecule has 0 fully saturated rings. The summed E-state index contributed by atoms with van der Waals surface area (Å²) in [6, 6.07) is 9.95. The highest BCUT2D eigenvalue weighted by molar-refractivity contribution is 6.11. The fraction of sp³-hybridized carbons (Fsp3) is 0.280. The molecule has 0 atom stereocenters. The standard InChI is InChI=1S/C25H26N6O5/c1-5-30-21-20(23(33)28-25(30)35)17(13-19(27-21)14(3)4)22(32)26-15-7-9-16(10-8-15)31-12-11-18(29-31)24(34)36-6-2/h7-14H,5-6H2,1-4H3,(H,26,32)(H,28,33,35). The van der Waals surface area contributed by atoms with Crippen LogP contribution in [0.3, 0.4) is 0 Å². The molecule has 1 amide bonds. The highest BCUT2D eigenvalue weighted by Crippen LogP contribution is 2.21. The Kier molecular flexibility index (Phi) is 6.82. The van der Waals surface area contributed by atoms with Crippen LogP contribution in [0.2, 0.25) is 0 Å². The summed E-state index contributed by atoms with van der Waals surface area (Å²) in [6.45, 7) is 7.86. The van der Waals surface area contributed by atoms with Gasteiger partial charge in [0.15, 0.2) is 11.3 Å². The number of ether oxygens (including phenoxy) is 1. The number of aromatic amines is 1. The molecule has 3 aromatic heterocycles. The molecule has 4 aromatic rings. The van der Waals surface area contributed by atoms with E-state index < -0.39 is 23.1 Å². The smallest absolute Gasteiger partial charge is 0.358 e. The molecule has 3 heterocycles. The van der Waals surface area contributed by atoms with Crippen molar-refractivity contribution in [1.29, 1.82) is 0 Å². The van der Waals surface area contributed by atoms with Gasteiger partial charge in [0.05, 0.1) is 23.2 Å². The Morgan fingerprint density at radius 3 is 2.47 bits per heavy atom. The predicted molar refractivity (Wildman–Crippen MR) is 134 cm³/mol. The van der Waals surface area contributed by atoms with Gasteiger partial charge in [-0.05, 0) is 56.2 Å². The van der Waals surface area contributed by atoms with Crippen molar-refractivity contribution >= 4 is 28.6 Å². The largest absolute Gasteiger partial charge is 0.461 e. The highest BCUT2D eigenvalue weighted by Gasteiger charge is 2.20. The van der Waals surface area contributed by atoms with Crippen LogP contribution in [0.15, 0.2) is 52.2 Å². The second-order valence-corrected chi connectivity index (χ2v) is 8.32. The van der Waals surface area contributed by atoms with Gasteiger partial charge in [0.2, 0.25) is 0 Å². The number of carbonyl (C=O) groups excluding carboxylic acids is 2. The molecule has 4 rings (SSSR count). The Morgan fingerprint density at radius 2 is 1.83 bits per heavy atom. The number of pyridine rings is 1. The summed E-state index contributed by atoms with van der Waals surface area (Å²) < 4.78 is 7.81. The molecule has 1 aromatic carbocycles. The van der Waals surface area contributed by atoms with Gasteiger partial charge in [-0.15, -0.1) is 0 Å². The molecule has 0 radical (unpaired) electrons. The Balaban J connectivity index is 1.66. The minimum atomic E-state index is -0.668. The van der Waals surface area contributed by atoms with E-state index in [2.05, 4.69) is 20.4 Å². The molecular weight excluding hydrogens is 464 g/mol. The number of aromatic nitrogens is 5. The normalized spacial score (nSPS) is 11.1. The van der Waals surface area contributed by atoms with E-state index in [1.807, 2.05) is 13.8 Å². The molecule has 0 aliphatic heterocycles.